The van der Waals surface area contributed by atoms with Crippen LogP contribution >= 0.6 is 38.9 Å². The summed E-state index contributed by atoms with van der Waals surface area (Å²) in [6.07, 6.45) is 1.79. The third-order valence-electron chi connectivity index (χ3n) is 7.63. The second kappa shape index (κ2) is 14.6. The predicted molar refractivity (Wildman–Crippen MR) is 193 cm³/mol. The molecule has 0 saturated carbocycles. The molecule has 0 radical (unpaired) electrons. The van der Waals surface area contributed by atoms with Gasteiger partial charge in [0, 0.05) is 10.7 Å². The Morgan fingerprint density at radius 2 is 1.81 bits per heavy atom. The van der Waals surface area contributed by atoms with E-state index in [1.165, 1.54) is 11.3 Å². The highest BCUT2D eigenvalue weighted by molar-refractivity contribution is 9.10. The fourth-order valence-electron chi connectivity index (χ4n) is 5.46. The van der Waals surface area contributed by atoms with Crippen LogP contribution in [0.25, 0.3) is 6.08 Å². The molecule has 0 bridgehead atoms. The van der Waals surface area contributed by atoms with Crippen molar-refractivity contribution in [1.82, 2.24) is 4.57 Å². The van der Waals surface area contributed by atoms with Crippen LogP contribution in [0.5, 0.6) is 17.2 Å². The average Bonchev–Trinajstić information content (AvgIpc) is 3.37. The molecule has 8 nitrogen and oxygen atoms in total. The Morgan fingerprint density at radius 3 is 2.52 bits per heavy atom. The number of hydrogen-bond donors (Lipinski definition) is 1. The highest BCUT2D eigenvalue weighted by atomic mass is 79.9. The second-order valence-electron chi connectivity index (χ2n) is 10.9. The number of ether oxygens (including phenoxy) is 3. The molecule has 0 fully saturated rings. The monoisotopic (exact) mass is 743 g/mol. The first-order chi connectivity index (χ1) is 23.2. The number of benzene rings is 4. The minimum atomic E-state index is -0.716. The van der Waals surface area contributed by atoms with Gasteiger partial charge < -0.3 is 19.5 Å². The minimum absolute atomic E-state index is 0.272. The Balaban J connectivity index is 1.40. The van der Waals surface area contributed by atoms with Gasteiger partial charge in [-0.3, -0.25) is 14.2 Å². The third-order valence-corrected chi connectivity index (χ3v) is 9.43. The number of carbonyl (C=O) groups excluding carboxylic acids is 1. The number of aromatic nitrogens is 1. The van der Waals surface area contributed by atoms with E-state index in [9.17, 15) is 9.59 Å². The van der Waals surface area contributed by atoms with Crippen molar-refractivity contribution in [3.05, 3.63) is 148 Å². The minimum Gasteiger partial charge on any atom is -0.494 e. The van der Waals surface area contributed by atoms with Crippen molar-refractivity contribution in [2.24, 2.45) is 4.99 Å². The van der Waals surface area contributed by atoms with E-state index in [1.54, 1.807) is 24.7 Å². The van der Waals surface area contributed by atoms with Crippen LogP contribution in [0.15, 0.2) is 117 Å². The number of para-hydroxylation sites is 1. The summed E-state index contributed by atoms with van der Waals surface area (Å²) in [5.41, 5.74) is 3.67. The number of fused-ring (bicyclic) bond motifs is 1. The van der Waals surface area contributed by atoms with Crippen molar-refractivity contribution < 1.29 is 19.0 Å². The molecule has 5 aromatic rings. The number of nitrogens with zero attached hydrogens (tertiary/aromatic N) is 2. The second-order valence-corrected chi connectivity index (χ2v) is 13.2. The number of carbonyl (C=O) groups is 1. The van der Waals surface area contributed by atoms with Gasteiger partial charge in [0.05, 0.1) is 40.0 Å². The van der Waals surface area contributed by atoms with E-state index in [4.69, 9.17) is 30.8 Å². The maximum atomic E-state index is 14.2. The van der Waals surface area contributed by atoms with E-state index in [-0.39, 0.29) is 11.5 Å². The first kappa shape index (κ1) is 33.3. The number of anilines is 1. The summed E-state index contributed by atoms with van der Waals surface area (Å²) in [4.78, 5) is 33.3. The Morgan fingerprint density at radius 1 is 1.04 bits per heavy atom. The van der Waals surface area contributed by atoms with Gasteiger partial charge in [-0.1, -0.05) is 65.4 Å². The number of thiazole rings is 1. The third kappa shape index (κ3) is 7.11. The number of rotatable bonds is 10. The molecule has 1 aromatic heterocycles. The van der Waals surface area contributed by atoms with Gasteiger partial charge in [-0.05, 0) is 101 Å². The standard InChI is InChI=1S/C37H31BrClN3O5S/c1-4-46-28-15-13-25(14-16-28)33-32(35(43)41-27-11-6-5-7-12-27)22(2)40-37-42(33)36(44)31(48-37)20-24-18-29(38)34(30(19-24)45-3)47-21-23-9-8-10-26(39)17-23/h5-20,33H,4,21H2,1-3H3,(H,41,43)/b31-20-/t33-/m0/s1. The van der Waals surface area contributed by atoms with Crippen LogP contribution in [0.2, 0.25) is 5.02 Å². The highest BCUT2D eigenvalue weighted by Crippen LogP contribution is 2.38. The molecule has 1 N–H and O–H groups in total. The van der Waals surface area contributed by atoms with Crippen LogP contribution in [0, 0.1) is 0 Å². The lowest BCUT2D eigenvalue weighted by Crippen LogP contribution is -2.40. The van der Waals surface area contributed by atoms with Crippen molar-refractivity contribution in [1.29, 1.82) is 0 Å². The van der Waals surface area contributed by atoms with Crippen LogP contribution in [0.1, 0.15) is 36.6 Å². The molecule has 6 rings (SSSR count). The average molecular weight is 745 g/mol. The summed E-state index contributed by atoms with van der Waals surface area (Å²) in [7, 11) is 1.56. The van der Waals surface area contributed by atoms with Crippen molar-refractivity contribution in [2.45, 2.75) is 26.5 Å². The largest absolute Gasteiger partial charge is 0.494 e. The molecular weight excluding hydrogens is 714 g/mol. The summed E-state index contributed by atoms with van der Waals surface area (Å²) < 4.78 is 20.1. The van der Waals surface area contributed by atoms with E-state index in [0.29, 0.717) is 66.2 Å². The van der Waals surface area contributed by atoms with Gasteiger partial charge in [0.25, 0.3) is 11.5 Å². The number of hydrogen-bond acceptors (Lipinski definition) is 7. The molecule has 4 aromatic carbocycles. The first-order valence-corrected chi connectivity index (χ1v) is 17.1. The molecule has 0 saturated heterocycles. The molecule has 1 atom stereocenters. The maximum absolute atomic E-state index is 14.2. The summed E-state index contributed by atoms with van der Waals surface area (Å²) >= 11 is 11.0. The van der Waals surface area contributed by atoms with Crippen LogP contribution < -0.4 is 34.4 Å². The summed E-state index contributed by atoms with van der Waals surface area (Å²) in [5.74, 6) is 1.38. The van der Waals surface area contributed by atoms with E-state index in [0.717, 1.165) is 16.7 Å². The van der Waals surface area contributed by atoms with Gasteiger partial charge in [-0.15, -0.1) is 0 Å². The SMILES string of the molecule is CCOc1ccc([C@H]2C(C(=O)Nc3ccccc3)=C(C)N=c3s/c(=C\c4cc(Br)c(OCc5cccc(Cl)c5)c(OC)c4)c(=O)n32)cc1. The van der Waals surface area contributed by atoms with Crippen LogP contribution in [0.3, 0.4) is 0 Å². The Labute approximate surface area is 294 Å². The number of methoxy groups -OCH3 is 1. The molecule has 244 valence electrons. The van der Waals surface area contributed by atoms with Gasteiger partial charge >= 0.3 is 0 Å². The molecule has 0 aliphatic carbocycles. The lowest BCUT2D eigenvalue weighted by Gasteiger charge is -2.25. The normalized spacial score (nSPS) is 14.3. The fourth-order valence-corrected chi connectivity index (χ4v) is 7.29. The van der Waals surface area contributed by atoms with Gasteiger partial charge in [0.15, 0.2) is 16.3 Å². The molecule has 0 unspecified atom stereocenters. The predicted octanol–water partition coefficient (Wildman–Crippen LogP) is 7.28. The Kier molecular flexibility index (Phi) is 10.1. The first-order valence-electron chi connectivity index (χ1n) is 15.1. The molecule has 2 heterocycles. The van der Waals surface area contributed by atoms with Gasteiger partial charge in [0.1, 0.15) is 12.4 Å². The number of amides is 1. The van der Waals surface area contributed by atoms with Crippen LogP contribution in [-0.2, 0) is 11.4 Å². The quantitative estimate of drug-likeness (QED) is 0.163. The molecule has 11 heteroatoms. The summed E-state index contributed by atoms with van der Waals surface area (Å²) in [6, 6.07) is 27.1. The topological polar surface area (TPSA) is 91.2 Å². The van der Waals surface area contributed by atoms with E-state index >= 15 is 0 Å². The Bertz CT molecular complexity index is 2200. The van der Waals surface area contributed by atoms with Crippen molar-refractivity contribution in [3.8, 4) is 17.2 Å². The maximum Gasteiger partial charge on any atom is 0.271 e. The Hall–Kier alpha value is -4.64. The zero-order valence-corrected chi connectivity index (χ0v) is 29.5. The van der Waals surface area contributed by atoms with Crippen molar-refractivity contribution >= 4 is 56.5 Å². The number of nitrogens with one attached hydrogen (secondary N) is 1. The molecule has 1 aliphatic rings. The van der Waals surface area contributed by atoms with Gasteiger partial charge in [-0.2, -0.15) is 0 Å². The molecule has 0 spiro atoms. The zero-order valence-electron chi connectivity index (χ0n) is 26.3. The molecule has 48 heavy (non-hydrogen) atoms. The molecule has 1 aliphatic heterocycles. The summed E-state index contributed by atoms with van der Waals surface area (Å²) in [6.45, 7) is 4.52. The fraction of sp³-hybridized carbons (Fsp3) is 0.162. The summed E-state index contributed by atoms with van der Waals surface area (Å²) in [5, 5.41) is 3.61. The van der Waals surface area contributed by atoms with Crippen LogP contribution in [-0.4, -0.2) is 24.2 Å². The lowest BCUT2D eigenvalue weighted by atomic mass is 9.95. The highest BCUT2D eigenvalue weighted by Gasteiger charge is 2.32. The molecule has 1 amide bonds. The number of halogens is 2. The smallest absolute Gasteiger partial charge is 0.271 e. The van der Waals surface area contributed by atoms with Crippen LogP contribution in [0.4, 0.5) is 5.69 Å². The van der Waals surface area contributed by atoms with Crippen molar-refractivity contribution in [2.75, 3.05) is 19.0 Å². The zero-order chi connectivity index (χ0) is 33.8. The van der Waals surface area contributed by atoms with Crippen molar-refractivity contribution in [3.63, 3.8) is 0 Å². The molecular formula is C37H31BrClN3O5S. The van der Waals surface area contributed by atoms with E-state index in [2.05, 4.69) is 21.2 Å². The number of allylic oxidation sites excluding steroid dienone is 1. The lowest BCUT2D eigenvalue weighted by molar-refractivity contribution is -0.113. The van der Waals surface area contributed by atoms with Gasteiger partial charge in [-0.25, -0.2) is 4.99 Å². The van der Waals surface area contributed by atoms with E-state index in [1.807, 2.05) is 97.9 Å². The van der Waals surface area contributed by atoms with E-state index < -0.39 is 6.04 Å². The van der Waals surface area contributed by atoms with Gasteiger partial charge in [0.2, 0.25) is 0 Å².